The Balaban J connectivity index is 1.83. The SMILES string of the molecule is COC(=O)C[C@H](NC(=O)c1cccc(S(=O)(=O)N2C[C@H](C)C[C@@H](C)C2)c1)c1ccccc1. The van der Waals surface area contributed by atoms with E-state index in [9.17, 15) is 18.0 Å². The van der Waals surface area contributed by atoms with Gasteiger partial charge in [-0.1, -0.05) is 50.2 Å². The Hall–Kier alpha value is -2.71. The van der Waals surface area contributed by atoms with Crippen molar-refractivity contribution in [1.82, 2.24) is 9.62 Å². The molecule has 0 saturated carbocycles. The monoisotopic (exact) mass is 458 g/mol. The van der Waals surface area contributed by atoms with Gasteiger partial charge in [0.05, 0.1) is 24.5 Å². The quantitative estimate of drug-likeness (QED) is 0.642. The van der Waals surface area contributed by atoms with Crippen molar-refractivity contribution in [1.29, 1.82) is 0 Å². The Morgan fingerprint density at radius 3 is 2.34 bits per heavy atom. The van der Waals surface area contributed by atoms with Crippen LogP contribution < -0.4 is 5.32 Å². The summed E-state index contributed by atoms with van der Waals surface area (Å²) in [5.74, 6) is -0.348. The molecule has 7 nitrogen and oxygen atoms in total. The van der Waals surface area contributed by atoms with Crippen LogP contribution in [-0.4, -0.2) is 44.8 Å². The summed E-state index contributed by atoms with van der Waals surface area (Å²) in [5.41, 5.74) is 0.973. The summed E-state index contributed by atoms with van der Waals surface area (Å²) in [5, 5.41) is 2.84. The zero-order chi connectivity index (χ0) is 23.3. The summed E-state index contributed by atoms with van der Waals surface area (Å²) in [7, 11) is -2.41. The van der Waals surface area contributed by atoms with E-state index in [2.05, 4.69) is 5.32 Å². The fourth-order valence-electron chi connectivity index (χ4n) is 4.18. The minimum Gasteiger partial charge on any atom is -0.469 e. The van der Waals surface area contributed by atoms with Gasteiger partial charge in [-0.2, -0.15) is 4.31 Å². The molecule has 0 bridgehead atoms. The molecule has 8 heteroatoms. The van der Waals surface area contributed by atoms with Crippen LogP contribution in [0.3, 0.4) is 0 Å². The molecule has 0 unspecified atom stereocenters. The van der Waals surface area contributed by atoms with Crippen LogP contribution >= 0.6 is 0 Å². The summed E-state index contributed by atoms with van der Waals surface area (Å²) in [6, 6.07) is 14.6. The van der Waals surface area contributed by atoms with Crippen LogP contribution in [0.1, 0.15) is 48.7 Å². The lowest BCUT2D eigenvalue weighted by molar-refractivity contribution is -0.141. The highest BCUT2D eigenvalue weighted by Crippen LogP contribution is 2.27. The summed E-state index contributed by atoms with van der Waals surface area (Å²) in [6.07, 6.45) is 0.962. The largest absolute Gasteiger partial charge is 0.469 e. The number of carbonyl (C=O) groups excluding carboxylic acids is 2. The number of rotatable bonds is 7. The number of sulfonamides is 1. The lowest BCUT2D eigenvalue weighted by Crippen LogP contribution is -2.42. The number of hydrogen-bond acceptors (Lipinski definition) is 5. The number of amides is 1. The summed E-state index contributed by atoms with van der Waals surface area (Å²) in [4.78, 5) is 24.9. The van der Waals surface area contributed by atoms with Crippen molar-refractivity contribution in [2.24, 2.45) is 11.8 Å². The van der Waals surface area contributed by atoms with Crippen molar-refractivity contribution >= 4 is 21.9 Å². The number of nitrogens with zero attached hydrogens (tertiary/aromatic N) is 1. The molecule has 0 aromatic heterocycles. The Labute approximate surface area is 189 Å². The maximum Gasteiger partial charge on any atom is 0.307 e. The second-order valence-electron chi connectivity index (χ2n) is 8.51. The molecule has 0 aliphatic carbocycles. The predicted octanol–water partition coefficient (Wildman–Crippen LogP) is 3.39. The molecule has 32 heavy (non-hydrogen) atoms. The molecule has 0 radical (unpaired) electrons. The van der Waals surface area contributed by atoms with Gasteiger partial charge in [0.2, 0.25) is 10.0 Å². The molecule has 1 saturated heterocycles. The molecule has 2 aromatic carbocycles. The van der Waals surface area contributed by atoms with Crippen LogP contribution in [0, 0.1) is 11.8 Å². The van der Waals surface area contributed by atoms with Gasteiger partial charge in [0.25, 0.3) is 5.91 Å². The third kappa shape index (κ3) is 5.75. The number of ether oxygens (including phenoxy) is 1. The molecule has 1 amide bonds. The van der Waals surface area contributed by atoms with Crippen molar-refractivity contribution in [2.75, 3.05) is 20.2 Å². The third-order valence-electron chi connectivity index (χ3n) is 5.68. The van der Waals surface area contributed by atoms with E-state index in [0.717, 1.165) is 12.0 Å². The number of hydrogen-bond donors (Lipinski definition) is 1. The fraction of sp³-hybridized carbons (Fsp3) is 0.417. The molecular formula is C24H30N2O5S. The summed E-state index contributed by atoms with van der Waals surface area (Å²) in [6.45, 7) is 5.04. The zero-order valence-corrected chi connectivity index (χ0v) is 19.5. The number of methoxy groups -OCH3 is 1. The van der Waals surface area contributed by atoms with Gasteiger partial charge in [-0.05, 0) is 42.0 Å². The first-order valence-electron chi connectivity index (χ1n) is 10.7. The van der Waals surface area contributed by atoms with Gasteiger partial charge in [0.1, 0.15) is 0 Å². The molecule has 2 aromatic rings. The van der Waals surface area contributed by atoms with Gasteiger partial charge in [0, 0.05) is 18.7 Å². The molecule has 1 heterocycles. The Morgan fingerprint density at radius 1 is 1.06 bits per heavy atom. The second kappa shape index (κ2) is 10.3. The molecule has 1 fully saturated rings. The van der Waals surface area contributed by atoms with E-state index >= 15 is 0 Å². The summed E-state index contributed by atoms with van der Waals surface area (Å²) >= 11 is 0. The van der Waals surface area contributed by atoms with Crippen molar-refractivity contribution in [2.45, 2.75) is 37.6 Å². The number of carbonyl (C=O) groups is 2. The normalized spacial score (nSPS) is 20.3. The average molecular weight is 459 g/mol. The number of benzene rings is 2. The Kier molecular flexibility index (Phi) is 7.69. The predicted molar refractivity (Wildman–Crippen MR) is 121 cm³/mol. The smallest absolute Gasteiger partial charge is 0.307 e. The van der Waals surface area contributed by atoms with Crippen LogP contribution in [0.4, 0.5) is 0 Å². The first-order valence-corrected chi connectivity index (χ1v) is 12.2. The molecule has 0 spiro atoms. The highest BCUT2D eigenvalue weighted by atomic mass is 32.2. The van der Waals surface area contributed by atoms with Gasteiger partial charge < -0.3 is 10.1 Å². The first kappa shape index (κ1) is 23.9. The maximum atomic E-state index is 13.2. The van der Waals surface area contributed by atoms with E-state index < -0.39 is 27.9 Å². The number of esters is 1. The zero-order valence-electron chi connectivity index (χ0n) is 18.7. The van der Waals surface area contributed by atoms with Crippen LogP contribution in [0.15, 0.2) is 59.5 Å². The molecule has 1 aliphatic heterocycles. The molecule has 1 N–H and O–H groups in total. The molecule has 3 rings (SSSR count). The fourth-order valence-corrected chi connectivity index (χ4v) is 5.90. The van der Waals surface area contributed by atoms with Gasteiger partial charge in [-0.15, -0.1) is 0 Å². The lowest BCUT2D eigenvalue weighted by atomic mass is 9.94. The van der Waals surface area contributed by atoms with E-state index in [1.165, 1.54) is 23.5 Å². The third-order valence-corrected chi connectivity index (χ3v) is 7.50. The molecule has 1 aliphatic rings. The van der Waals surface area contributed by atoms with Crippen molar-refractivity contribution < 1.29 is 22.7 Å². The van der Waals surface area contributed by atoms with Gasteiger partial charge in [-0.25, -0.2) is 8.42 Å². The van der Waals surface area contributed by atoms with Crippen molar-refractivity contribution in [3.63, 3.8) is 0 Å². The minimum absolute atomic E-state index is 0.0339. The van der Waals surface area contributed by atoms with Crippen LogP contribution in [0.25, 0.3) is 0 Å². The topological polar surface area (TPSA) is 92.8 Å². The highest BCUT2D eigenvalue weighted by molar-refractivity contribution is 7.89. The van der Waals surface area contributed by atoms with E-state index in [4.69, 9.17) is 4.74 Å². The standard InChI is InChI=1S/C24H30N2O5S/c1-17-12-18(2)16-26(15-17)32(29,30)21-11-7-10-20(13-21)24(28)25-22(14-23(27)31-3)19-8-5-4-6-9-19/h4-11,13,17-18,22H,12,14-16H2,1-3H3,(H,25,28)/t17-,18-,22+/m1/s1. The van der Waals surface area contributed by atoms with Crippen LogP contribution in [-0.2, 0) is 19.6 Å². The number of piperidine rings is 1. The second-order valence-corrected chi connectivity index (χ2v) is 10.5. The van der Waals surface area contributed by atoms with E-state index in [0.29, 0.717) is 13.1 Å². The van der Waals surface area contributed by atoms with Crippen LogP contribution in [0.5, 0.6) is 0 Å². The lowest BCUT2D eigenvalue weighted by Gasteiger charge is -2.34. The molecule has 172 valence electrons. The Bertz CT molecular complexity index is 1050. The highest BCUT2D eigenvalue weighted by Gasteiger charge is 2.32. The first-order chi connectivity index (χ1) is 15.2. The average Bonchev–Trinajstić information content (AvgIpc) is 2.78. The number of nitrogens with one attached hydrogen (secondary N) is 1. The van der Waals surface area contributed by atoms with E-state index in [1.807, 2.05) is 44.2 Å². The van der Waals surface area contributed by atoms with Gasteiger partial charge >= 0.3 is 5.97 Å². The Morgan fingerprint density at radius 2 is 1.72 bits per heavy atom. The minimum atomic E-state index is -3.71. The summed E-state index contributed by atoms with van der Waals surface area (Å²) < 4.78 is 32.7. The van der Waals surface area contributed by atoms with Crippen molar-refractivity contribution in [3.05, 3.63) is 65.7 Å². The molecule has 3 atom stereocenters. The maximum absolute atomic E-state index is 13.2. The van der Waals surface area contributed by atoms with E-state index in [1.54, 1.807) is 12.1 Å². The van der Waals surface area contributed by atoms with E-state index in [-0.39, 0.29) is 28.7 Å². The van der Waals surface area contributed by atoms with Gasteiger partial charge in [0.15, 0.2) is 0 Å². The van der Waals surface area contributed by atoms with Crippen molar-refractivity contribution in [3.8, 4) is 0 Å². The molecular weight excluding hydrogens is 428 g/mol. The van der Waals surface area contributed by atoms with Gasteiger partial charge in [-0.3, -0.25) is 9.59 Å². The van der Waals surface area contributed by atoms with Crippen LogP contribution in [0.2, 0.25) is 0 Å².